The molecule has 0 aromatic carbocycles. The first-order valence-corrected chi connectivity index (χ1v) is 10.4. The number of nitrogens with one attached hydrogen (secondary N) is 1. The highest BCUT2D eigenvalue weighted by molar-refractivity contribution is 7.99. The highest BCUT2D eigenvalue weighted by atomic mass is 35.5. The van der Waals surface area contributed by atoms with E-state index in [1.165, 1.54) is 22.5 Å². The molecule has 0 radical (unpaired) electrons. The number of carbonyl (C=O) groups is 1. The van der Waals surface area contributed by atoms with Gasteiger partial charge in [-0.05, 0) is 32.0 Å². The normalized spacial score (nSPS) is 16.5. The zero-order valence-electron chi connectivity index (χ0n) is 13.8. The predicted molar refractivity (Wildman–Crippen MR) is 104 cm³/mol. The number of aromatic nitrogens is 1. The molecule has 3 rings (SSSR count). The first-order chi connectivity index (χ1) is 11.4. The highest BCUT2D eigenvalue weighted by Crippen LogP contribution is 2.44. The van der Waals surface area contributed by atoms with Crippen LogP contribution < -0.4 is 5.32 Å². The van der Waals surface area contributed by atoms with Gasteiger partial charge in [-0.2, -0.15) is 0 Å². The van der Waals surface area contributed by atoms with Gasteiger partial charge < -0.3 is 10.2 Å². The van der Waals surface area contributed by atoms with Crippen LogP contribution in [-0.2, 0) is 4.79 Å². The molecule has 1 amide bonds. The Morgan fingerprint density at radius 3 is 2.71 bits per heavy atom. The standard InChI is InChI=1S/C15H19ClN4OS3/c1-9-13(23-15(17-9)18-10(2)21)11-8-12(22-14(11)16)24-20-6-4-19(3)5-7-20/h8H,4-7H2,1-3H3,(H,17,18,21). The molecule has 2 aromatic rings. The van der Waals surface area contributed by atoms with E-state index in [1.807, 2.05) is 6.92 Å². The molecule has 2 aromatic heterocycles. The van der Waals surface area contributed by atoms with Crippen molar-refractivity contribution in [3.63, 3.8) is 0 Å². The number of hydrogen-bond acceptors (Lipinski definition) is 7. The Morgan fingerprint density at radius 1 is 1.33 bits per heavy atom. The van der Waals surface area contributed by atoms with E-state index in [4.69, 9.17) is 11.6 Å². The Hall–Kier alpha value is -0.640. The lowest BCUT2D eigenvalue weighted by atomic mass is 10.2. The number of amides is 1. The molecular weight excluding hydrogens is 384 g/mol. The smallest absolute Gasteiger partial charge is 0.223 e. The second-order valence-electron chi connectivity index (χ2n) is 5.69. The number of hydrogen-bond donors (Lipinski definition) is 1. The SMILES string of the molecule is CC(=O)Nc1nc(C)c(-c2cc(SN3CCN(C)CC3)sc2Cl)s1. The van der Waals surface area contributed by atoms with Crippen LogP contribution in [0.3, 0.4) is 0 Å². The summed E-state index contributed by atoms with van der Waals surface area (Å²) in [5.41, 5.74) is 1.89. The van der Waals surface area contributed by atoms with Crippen molar-refractivity contribution >= 4 is 57.3 Å². The monoisotopic (exact) mass is 402 g/mol. The zero-order chi connectivity index (χ0) is 17.3. The minimum atomic E-state index is -0.113. The van der Waals surface area contributed by atoms with Gasteiger partial charge in [0.2, 0.25) is 5.91 Å². The molecule has 0 unspecified atom stereocenters. The minimum absolute atomic E-state index is 0.113. The lowest BCUT2D eigenvalue weighted by Gasteiger charge is -2.30. The van der Waals surface area contributed by atoms with Crippen molar-refractivity contribution in [2.24, 2.45) is 0 Å². The summed E-state index contributed by atoms with van der Waals surface area (Å²) in [6.45, 7) is 7.72. The number of likely N-dealkylation sites (N-methyl/N-ethyl adjacent to an activating group) is 1. The topological polar surface area (TPSA) is 48.5 Å². The van der Waals surface area contributed by atoms with Crippen LogP contribution >= 0.6 is 46.2 Å². The fourth-order valence-corrected chi connectivity index (χ4v) is 6.21. The summed E-state index contributed by atoms with van der Waals surface area (Å²) >= 11 is 11.3. The molecule has 1 saturated heterocycles. The minimum Gasteiger partial charge on any atom is -0.304 e. The van der Waals surface area contributed by atoms with Gasteiger partial charge in [0.25, 0.3) is 0 Å². The van der Waals surface area contributed by atoms with E-state index in [0.29, 0.717) is 5.13 Å². The van der Waals surface area contributed by atoms with Crippen LogP contribution in [0.4, 0.5) is 5.13 Å². The zero-order valence-corrected chi connectivity index (χ0v) is 17.0. The van der Waals surface area contributed by atoms with Crippen LogP contribution in [0.2, 0.25) is 4.34 Å². The van der Waals surface area contributed by atoms with Crippen molar-refractivity contribution in [2.75, 3.05) is 38.5 Å². The quantitative estimate of drug-likeness (QED) is 0.782. The summed E-state index contributed by atoms with van der Waals surface area (Å²) in [6.07, 6.45) is 0. The van der Waals surface area contributed by atoms with Crippen molar-refractivity contribution in [1.82, 2.24) is 14.2 Å². The van der Waals surface area contributed by atoms with E-state index < -0.39 is 0 Å². The van der Waals surface area contributed by atoms with Crippen LogP contribution in [0.15, 0.2) is 10.3 Å². The number of aryl methyl sites for hydroxylation is 1. The molecule has 1 aliphatic rings. The van der Waals surface area contributed by atoms with Gasteiger partial charge in [0.1, 0.15) is 4.34 Å². The maximum absolute atomic E-state index is 11.2. The maximum atomic E-state index is 11.2. The fourth-order valence-electron chi connectivity index (χ4n) is 2.40. The van der Waals surface area contributed by atoms with E-state index in [0.717, 1.165) is 46.6 Å². The van der Waals surface area contributed by atoms with Gasteiger partial charge in [0, 0.05) is 38.7 Å². The lowest BCUT2D eigenvalue weighted by molar-refractivity contribution is -0.114. The fraction of sp³-hybridized carbons (Fsp3) is 0.467. The Bertz CT molecular complexity index is 737. The number of rotatable bonds is 4. The molecule has 3 heterocycles. The number of thiophene rings is 1. The van der Waals surface area contributed by atoms with E-state index in [-0.39, 0.29) is 5.91 Å². The molecule has 5 nitrogen and oxygen atoms in total. The number of carbonyl (C=O) groups excluding carboxylic acids is 1. The van der Waals surface area contributed by atoms with Gasteiger partial charge >= 0.3 is 0 Å². The average Bonchev–Trinajstić information content (AvgIpc) is 3.03. The van der Waals surface area contributed by atoms with Crippen molar-refractivity contribution in [3.05, 3.63) is 16.1 Å². The third kappa shape index (κ3) is 4.30. The molecule has 0 bridgehead atoms. The third-order valence-electron chi connectivity index (χ3n) is 3.67. The van der Waals surface area contributed by atoms with Gasteiger partial charge in [-0.3, -0.25) is 4.79 Å². The summed E-state index contributed by atoms with van der Waals surface area (Å²) < 4.78 is 4.34. The molecule has 1 aliphatic heterocycles. The molecule has 130 valence electrons. The molecule has 0 atom stereocenters. The van der Waals surface area contributed by atoms with E-state index in [9.17, 15) is 4.79 Å². The highest BCUT2D eigenvalue weighted by Gasteiger charge is 2.20. The van der Waals surface area contributed by atoms with Gasteiger partial charge in [-0.15, -0.1) is 11.3 Å². The van der Waals surface area contributed by atoms with Crippen LogP contribution in [0.1, 0.15) is 12.6 Å². The summed E-state index contributed by atoms with van der Waals surface area (Å²) in [6, 6.07) is 2.13. The van der Waals surface area contributed by atoms with E-state index in [2.05, 4.69) is 32.6 Å². The molecule has 0 saturated carbocycles. The van der Waals surface area contributed by atoms with Crippen molar-refractivity contribution < 1.29 is 4.79 Å². The van der Waals surface area contributed by atoms with Crippen LogP contribution in [0.5, 0.6) is 0 Å². The summed E-state index contributed by atoms with van der Waals surface area (Å²) in [5.74, 6) is -0.113. The van der Waals surface area contributed by atoms with Gasteiger partial charge in [0.05, 0.1) is 14.8 Å². The summed E-state index contributed by atoms with van der Waals surface area (Å²) in [5, 5.41) is 3.36. The average molecular weight is 403 g/mol. The van der Waals surface area contributed by atoms with Crippen molar-refractivity contribution in [1.29, 1.82) is 0 Å². The number of thiazole rings is 1. The lowest BCUT2D eigenvalue weighted by Crippen LogP contribution is -2.40. The first kappa shape index (κ1) is 18.2. The summed E-state index contributed by atoms with van der Waals surface area (Å²) in [4.78, 5) is 19.0. The molecule has 0 aliphatic carbocycles. The summed E-state index contributed by atoms with van der Waals surface area (Å²) in [7, 11) is 2.15. The number of anilines is 1. The van der Waals surface area contributed by atoms with Crippen molar-refractivity contribution in [2.45, 2.75) is 18.1 Å². The molecule has 24 heavy (non-hydrogen) atoms. The van der Waals surface area contributed by atoms with Gasteiger partial charge in [-0.1, -0.05) is 22.9 Å². The second kappa shape index (κ2) is 7.72. The molecule has 1 fully saturated rings. The Labute approximate surface area is 159 Å². The van der Waals surface area contributed by atoms with Crippen LogP contribution in [0.25, 0.3) is 10.4 Å². The predicted octanol–water partition coefficient (Wildman–Crippen LogP) is 4.05. The van der Waals surface area contributed by atoms with Crippen LogP contribution in [0, 0.1) is 6.92 Å². The number of nitrogens with zero attached hydrogens (tertiary/aromatic N) is 3. The molecule has 1 N–H and O–H groups in total. The molecule has 9 heteroatoms. The van der Waals surface area contributed by atoms with Crippen LogP contribution in [-0.4, -0.2) is 53.3 Å². The van der Waals surface area contributed by atoms with Gasteiger partial charge in [-0.25, -0.2) is 9.29 Å². The third-order valence-corrected chi connectivity index (χ3v) is 7.32. The van der Waals surface area contributed by atoms with Crippen molar-refractivity contribution in [3.8, 4) is 10.4 Å². The number of halogens is 1. The molecular formula is C15H19ClN4OS3. The second-order valence-corrected chi connectivity index (χ2v) is 9.74. The Morgan fingerprint density at radius 2 is 2.04 bits per heavy atom. The van der Waals surface area contributed by atoms with Gasteiger partial charge in [0.15, 0.2) is 5.13 Å². The number of piperazine rings is 1. The largest absolute Gasteiger partial charge is 0.304 e. The Kier molecular flexibility index (Phi) is 5.84. The maximum Gasteiger partial charge on any atom is 0.223 e. The molecule has 0 spiro atoms. The van der Waals surface area contributed by atoms with E-state index in [1.54, 1.807) is 23.3 Å². The first-order valence-electron chi connectivity index (χ1n) is 7.58. The Balaban J connectivity index is 1.76. The van der Waals surface area contributed by atoms with E-state index >= 15 is 0 Å².